The molecule has 2 rings (SSSR count). The summed E-state index contributed by atoms with van der Waals surface area (Å²) in [6.45, 7) is 3.46. The van der Waals surface area contributed by atoms with Crippen LogP contribution in [-0.2, 0) is 0 Å². The minimum atomic E-state index is -0.0681. The van der Waals surface area contributed by atoms with Crippen LogP contribution in [0.25, 0.3) is 11.3 Å². The molecule has 0 amide bonds. The number of aryl methyl sites for hydroxylation is 1. The van der Waals surface area contributed by atoms with Gasteiger partial charge in [-0.2, -0.15) is 0 Å². The summed E-state index contributed by atoms with van der Waals surface area (Å²) in [4.78, 5) is 18.2. The fourth-order valence-corrected chi connectivity index (χ4v) is 1.69. The van der Waals surface area contributed by atoms with Crippen LogP contribution in [0.15, 0.2) is 24.4 Å². The van der Waals surface area contributed by atoms with Crippen LogP contribution in [0, 0.1) is 6.92 Å². The second-order valence-electron chi connectivity index (χ2n) is 3.89. The van der Waals surface area contributed by atoms with E-state index in [1.807, 2.05) is 25.1 Å². The van der Waals surface area contributed by atoms with Crippen LogP contribution in [0.3, 0.4) is 0 Å². The second kappa shape index (κ2) is 4.41. The average Bonchev–Trinajstić information content (AvgIpc) is 2.78. The third kappa shape index (κ3) is 2.20. The van der Waals surface area contributed by atoms with Crippen LogP contribution in [0.5, 0.6) is 5.75 Å². The monoisotopic (exact) mass is 230 g/mol. The largest absolute Gasteiger partial charge is 0.496 e. The molecule has 1 N–H and O–H groups in total. The van der Waals surface area contributed by atoms with Gasteiger partial charge in [0, 0.05) is 12.5 Å². The molecule has 4 nitrogen and oxygen atoms in total. The van der Waals surface area contributed by atoms with E-state index in [-0.39, 0.29) is 5.78 Å². The first kappa shape index (κ1) is 11.4. The molecule has 1 aromatic heterocycles. The van der Waals surface area contributed by atoms with E-state index in [1.54, 1.807) is 13.3 Å². The van der Waals surface area contributed by atoms with Gasteiger partial charge < -0.3 is 9.72 Å². The van der Waals surface area contributed by atoms with Gasteiger partial charge in [0.15, 0.2) is 11.6 Å². The highest BCUT2D eigenvalue weighted by Crippen LogP contribution is 2.24. The first-order valence-corrected chi connectivity index (χ1v) is 5.33. The SMILES string of the molecule is COc1ccc(-c2cnc(C(C)=O)[nH]2)cc1C. The van der Waals surface area contributed by atoms with Crippen molar-refractivity contribution in [2.24, 2.45) is 0 Å². The van der Waals surface area contributed by atoms with Gasteiger partial charge in [0.1, 0.15) is 5.75 Å². The maximum atomic E-state index is 11.1. The van der Waals surface area contributed by atoms with Crippen LogP contribution >= 0.6 is 0 Å². The number of hydrogen-bond acceptors (Lipinski definition) is 3. The number of nitrogens with one attached hydrogen (secondary N) is 1. The zero-order valence-corrected chi connectivity index (χ0v) is 10.1. The number of H-pyrrole nitrogens is 1. The molecule has 0 saturated heterocycles. The molecular weight excluding hydrogens is 216 g/mol. The highest BCUT2D eigenvalue weighted by molar-refractivity contribution is 5.91. The van der Waals surface area contributed by atoms with Gasteiger partial charge in [-0.3, -0.25) is 4.79 Å². The summed E-state index contributed by atoms with van der Waals surface area (Å²) in [7, 11) is 1.64. The molecular formula is C13H14N2O2. The first-order valence-electron chi connectivity index (χ1n) is 5.33. The smallest absolute Gasteiger partial charge is 0.194 e. The van der Waals surface area contributed by atoms with Crippen molar-refractivity contribution in [3.05, 3.63) is 35.8 Å². The molecule has 0 atom stereocenters. The number of imidazole rings is 1. The van der Waals surface area contributed by atoms with Crippen LogP contribution in [-0.4, -0.2) is 22.9 Å². The predicted octanol–water partition coefficient (Wildman–Crippen LogP) is 2.60. The Kier molecular flexibility index (Phi) is 2.95. The Bertz CT molecular complexity index is 558. The molecule has 0 bridgehead atoms. The Morgan fingerprint density at radius 1 is 1.41 bits per heavy atom. The number of aromatic nitrogens is 2. The van der Waals surface area contributed by atoms with E-state index in [0.29, 0.717) is 5.82 Å². The van der Waals surface area contributed by atoms with Crippen molar-refractivity contribution in [1.82, 2.24) is 9.97 Å². The third-order valence-corrected chi connectivity index (χ3v) is 2.62. The summed E-state index contributed by atoms with van der Waals surface area (Å²) in [5.41, 5.74) is 2.87. The molecule has 0 aliphatic heterocycles. The van der Waals surface area contributed by atoms with Crippen molar-refractivity contribution in [2.45, 2.75) is 13.8 Å². The molecule has 0 aliphatic rings. The van der Waals surface area contributed by atoms with E-state index < -0.39 is 0 Å². The van der Waals surface area contributed by atoms with Gasteiger partial charge >= 0.3 is 0 Å². The third-order valence-electron chi connectivity index (χ3n) is 2.62. The number of ether oxygens (including phenoxy) is 1. The Labute approximate surface area is 99.7 Å². The number of methoxy groups -OCH3 is 1. The summed E-state index contributed by atoms with van der Waals surface area (Å²) in [6, 6.07) is 5.83. The lowest BCUT2D eigenvalue weighted by atomic mass is 10.1. The summed E-state index contributed by atoms with van der Waals surface area (Å²) in [5.74, 6) is 1.16. The van der Waals surface area contributed by atoms with E-state index in [0.717, 1.165) is 22.6 Å². The molecule has 2 aromatic rings. The van der Waals surface area contributed by atoms with Crippen molar-refractivity contribution < 1.29 is 9.53 Å². The number of rotatable bonds is 3. The minimum absolute atomic E-state index is 0.0681. The van der Waals surface area contributed by atoms with Gasteiger partial charge in [0.2, 0.25) is 0 Å². The Morgan fingerprint density at radius 3 is 2.71 bits per heavy atom. The molecule has 0 fully saturated rings. The molecule has 88 valence electrons. The van der Waals surface area contributed by atoms with Gasteiger partial charge in [0.05, 0.1) is 19.0 Å². The van der Waals surface area contributed by atoms with E-state index in [1.165, 1.54) is 6.92 Å². The van der Waals surface area contributed by atoms with Crippen molar-refractivity contribution in [3.63, 3.8) is 0 Å². The molecule has 1 aromatic carbocycles. The van der Waals surface area contributed by atoms with Crippen molar-refractivity contribution in [1.29, 1.82) is 0 Å². The fraction of sp³-hybridized carbons (Fsp3) is 0.231. The maximum absolute atomic E-state index is 11.1. The summed E-state index contributed by atoms with van der Waals surface area (Å²) in [6.07, 6.45) is 1.66. The molecule has 0 radical (unpaired) electrons. The number of hydrogen-bond donors (Lipinski definition) is 1. The van der Waals surface area contributed by atoms with Gasteiger partial charge in [-0.25, -0.2) is 4.98 Å². The summed E-state index contributed by atoms with van der Waals surface area (Å²) in [5, 5.41) is 0. The lowest BCUT2D eigenvalue weighted by Crippen LogP contribution is -1.94. The Balaban J connectivity index is 2.39. The number of ketones is 1. The van der Waals surface area contributed by atoms with Crippen molar-refractivity contribution >= 4 is 5.78 Å². The molecule has 0 saturated carbocycles. The van der Waals surface area contributed by atoms with Crippen LogP contribution in [0.4, 0.5) is 0 Å². The number of aromatic amines is 1. The molecule has 0 aliphatic carbocycles. The van der Waals surface area contributed by atoms with Crippen LogP contribution < -0.4 is 4.74 Å². The fourth-order valence-electron chi connectivity index (χ4n) is 1.69. The molecule has 0 spiro atoms. The molecule has 17 heavy (non-hydrogen) atoms. The zero-order chi connectivity index (χ0) is 12.4. The van der Waals surface area contributed by atoms with Gasteiger partial charge in [-0.15, -0.1) is 0 Å². The van der Waals surface area contributed by atoms with Gasteiger partial charge in [-0.05, 0) is 30.7 Å². The highest BCUT2D eigenvalue weighted by atomic mass is 16.5. The predicted molar refractivity (Wildman–Crippen MR) is 65.3 cm³/mol. The van der Waals surface area contributed by atoms with Crippen molar-refractivity contribution in [3.8, 4) is 17.0 Å². The zero-order valence-electron chi connectivity index (χ0n) is 10.1. The summed E-state index contributed by atoms with van der Waals surface area (Å²) >= 11 is 0. The van der Waals surface area contributed by atoms with E-state index in [9.17, 15) is 4.79 Å². The maximum Gasteiger partial charge on any atom is 0.194 e. The minimum Gasteiger partial charge on any atom is -0.496 e. The number of nitrogens with zero attached hydrogens (tertiary/aromatic N) is 1. The second-order valence-corrected chi connectivity index (χ2v) is 3.89. The number of carbonyl (C=O) groups is 1. The standard InChI is InChI=1S/C13H14N2O2/c1-8-6-10(4-5-12(8)17-3)11-7-14-13(15-11)9(2)16/h4-7H,1-3H3,(H,14,15). The Morgan fingerprint density at radius 2 is 2.18 bits per heavy atom. The summed E-state index contributed by atoms with van der Waals surface area (Å²) < 4.78 is 5.20. The van der Waals surface area contributed by atoms with E-state index >= 15 is 0 Å². The quantitative estimate of drug-likeness (QED) is 0.824. The van der Waals surface area contributed by atoms with E-state index in [4.69, 9.17) is 4.74 Å². The van der Waals surface area contributed by atoms with Gasteiger partial charge in [-0.1, -0.05) is 0 Å². The molecule has 0 unspecified atom stereocenters. The first-order chi connectivity index (χ1) is 8.11. The number of benzene rings is 1. The normalized spacial score (nSPS) is 10.3. The number of Topliss-reactive ketones (excluding diaryl/α,β-unsaturated/α-hetero) is 1. The lowest BCUT2D eigenvalue weighted by molar-refractivity contribution is 0.100. The highest BCUT2D eigenvalue weighted by Gasteiger charge is 2.08. The van der Waals surface area contributed by atoms with Crippen molar-refractivity contribution in [2.75, 3.05) is 7.11 Å². The van der Waals surface area contributed by atoms with Crippen LogP contribution in [0.2, 0.25) is 0 Å². The number of carbonyl (C=O) groups excluding carboxylic acids is 1. The van der Waals surface area contributed by atoms with E-state index in [2.05, 4.69) is 9.97 Å². The lowest BCUT2D eigenvalue weighted by Gasteiger charge is -2.05. The Hall–Kier alpha value is -2.10. The topological polar surface area (TPSA) is 55.0 Å². The molecule has 4 heteroatoms. The van der Waals surface area contributed by atoms with Crippen LogP contribution in [0.1, 0.15) is 23.1 Å². The molecule has 1 heterocycles. The average molecular weight is 230 g/mol. The van der Waals surface area contributed by atoms with Gasteiger partial charge in [0.25, 0.3) is 0 Å².